The van der Waals surface area contributed by atoms with Gasteiger partial charge in [-0.25, -0.2) is 0 Å². The fraction of sp³-hybridized carbons (Fsp3) is 0.438. The van der Waals surface area contributed by atoms with E-state index in [2.05, 4.69) is 60.3 Å². The Morgan fingerprint density at radius 3 is 2.89 bits per heavy atom. The Kier molecular flexibility index (Phi) is 3.50. The van der Waals surface area contributed by atoms with Crippen molar-refractivity contribution in [2.24, 2.45) is 0 Å². The van der Waals surface area contributed by atoms with Crippen molar-refractivity contribution in [2.45, 2.75) is 30.6 Å². The molecule has 2 nitrogen and oxygen atoms in total. The van der Waals surface area contributed by atoms with Crippen molar-refractivity contribution in [3.8, 4) is 0 Å². The Balaban J connectivity index is 2.11. The Morgan fingerprint density at radius 1 is 1.32 bits per heavy atom. The van der Waals surface area contributed by atoms with Gasteiger partial charge in [0.25, 0.3) is 0 Å². The maximum absolute atomic E-state index is 4.60. The molecule has 0 radical (unpaired) electrons. The molecule has 19 heavy (non-hydrogen) atoms. The van der Waals surface area contributed by atoms with Crippen molar-refractivity contribution < 1.29 is 0 Å². The van der Waals surface area contributed by atoms with E-state index in [4.69, 9.17) is 0 Å². The summed E-state index contributed by atoms with van der Waals surface area (Å²) in [6.07, 6.45) is 4.48. The molecule has 2 aromatic rings. The highest BCUT2D eigenvalue weighted by Gasteiger charge is 2.38. The largest absolute Gasteiger partial charge is 0.312 e. The SMILES string of the molecule is CNC(c1cccc2cccnc12)C1(C)CCCS1. The van der Waals surface area contributed by atoms with Crippen LogP contribution in [0, 0.1) is 0 Å². The molecule has 0 amide bonds. The molecule has 0 aliphatic carbocycles. The molecule has 1 aliphatic heterocycles. The molecule has 2 atom stereocenters. The first-order valence-electron chi connectivity index (χ1n) is 6.89. The van der Waals surface area contributed by atoms with Crippen LogP contribution in [0.4, 0.5) is 0 Å². The van der Waals surface area contributed by atoms with Crippen LogP contribution in [-0.2, 0) is 0 Å². The summed E-state index contributed by atoms with van der Waals surface area (Å²) in [4.78, 5) is 4.60. The molecule has 1 N–H and O–H groups in total. The molecule has 0 spiro atoms. The van der Waals surface area contributed by atoms with Gasteiger partial charge in [0.1, 0.15) is 0 Å². The highest BCUT2D eigenvalue weighted by atomic mass is 32.2. The highest BCUT2D eigenvalue weighted by molar-refractivity contribution is 8.00. The van der Waals surface area contributed by atoms with E-state index in [9.17, 15) is 0 Å². The van der Waals surface area contributed by atoms with Crippen LogP contribution < -0.4 is 5.32 Å². The summed E-state index contributed by atoms with van der Waals surface area (Å²) in [6, 6.07) is 11.0. The molecular formula is C16H20N2S. The van der Waals surface area contributed by atoms with Gasteiger partial charge < -0.3 is 5.32 Å². The first kappa shape index (κ1) is 12.9. The van der Waals surface area contributed by atoms with Gasteiger partial charge in [0.2, 0.25) is 0 Å². The lowest BCUT2D eigenvalue weighted by Crippen LogP contribution is -2.35. The second kappa shape index (κ2) is 5.14. The average Bonchev–Trinajstić information content (AvgIpc) is 2.87. The van der Waals surface area contributed by atoms with Crippen LogP contribution in [0.1, 0.15) is 31.4 Å². The normalized spacial score (nSPS) is 24.7. The van der Waals surface area contributed by atoms with Crippen molar-refractivity contribution in [2.75, 3.05) is 12.8 Å². The number of pyridine rings is 1. The number of hydrogen-bond donors (Lipinski definition) is 1. The molecule has 100 valence electrons. The Bertz CT molecular complexity index is 570. The minimum absolute atomic E-state index is 0.278. The smallest absolute Gasteiger partial charge is 0.0750 e. The second-order valence-corrected chi connectivity index (χ2v) is 7.04. The van der Waals surface area contributed by atoms with Gasteiger partial charge in [-0.15, -0.1) is 0 Å². The molecule has 2 heterocycles. The van der Waals surface area contributed by atoms with Crippen LogP contribution >= 0.6 is 11.8 Å². The number of para-hydroxylation sites is 1. The summed E-state index contributed by atoms with van der Waals surface area (Å²) < 4.78 is 0.278. The van der Waals surface area contributed by atoms with Crippen LogP contribution in [0.2, 0.25) is 0 Å². The monoisotopic (exact) mass is 272 g/mol. The number of benzene rings is 1. The third kappa shape index (κ3) is 2.26. The quantitative estimate of drug-likeness (QED) is 0.920. The number of aromatic nitrogens is 1. The minimum atomic E-state index is 0.278. The standard InChI is InChI=1S/C16H20N2S/c1-16(9-5-11-19-16)15(17-2)13-8-3-6-12-7-4-10-18-14(12)13/h3-4,6-8,10,15,17H,5,9,11H2,1-2H3. The zero-order valence-electron chi connectivity index (χ0n) is 11.5. The lowest BCUT2D eigenvalue weighted by Gasteiger charge is -2.34. The summed E-state index contributed by atoms with van der Waals surface area (Å²) in [7, 11) is 2.07. The highest BCUT2D eigenvalue weighted by Crippen LogP contribution is 2.47. The zero-order valence-corrected chi connectivity index (χ0v) is 12.3. The van der Waals surface area contributed by atoms with Crippen LogP contribution in [0.15, 0.2) is 36.5 Å². The van der Waals surface area contributed by atoms with Crippen LogP contribution in [0.25, 0.3) is 10.9 Å². The van der Waals surface area contributed by atoms with Gasteiger partial charge in [-0.2, -0.15) is 11.8 Å². The lowest BCUT2D eigenvalue weighted by molar-refractivity contribution is 0.442. The molecule has 0 bridgehead atoms. The van der Waals surface area contributed by atoms with E-state index in [1.54, 1.807) is 0 Å². The number of nitrogens with one attached hydrogen (secondary N) is 1. The third-order valence-electron chi connectivity index (χ3n) is 4.12. The van der Waals surface area contributed by atoms with Gasteiger partial charge in [0.05, 0.1) is 5.52 Å². The molecule has 2 unspecified atom stereocenters. The van der Waals surface area contributed by atoms with E-state index in [0.29, 0.717) is 6.04 Å². The first-order valence-corrected chi connectivity index (χ1v) is 7.88. The van der Waals surface area contributed by atoms with Crippen LogP contribution in [0.5, 0.6) is 0 Å². The van der Waals surface area contributed by atoms with E-state index in [-0.39, 0.29) is 4.75 Å². The Hall–Kier alpha value is -1.06. The van der Waals surface area contributed by atoms with E-state index < -0.39 is 0 Å². The van der Waals surface area contributed by atoms with Crippen molar-refractivity contribution in [1.29, 1.82) is 0 Å². The topological polar surface area (TPSA) is 24.9 Å². The average molecular weight is 272 g/mol. The molecule has 1 aromatic heterocycles. The number of nitrogens with zero attached hydrogens (tertiary/aromatic N) is 1. The molecule has 1 aliphatic rings. The Labute approximate surface area is 119 Å². The van der Waals surface area contributed by atoms with Gasteiger partial charge in [0.15, 0.2) is 0 Å². The summed E-state index contributed by atoms with van der Waals surface area (Å²) in [5.41, 5.74) is 2.47. The molecule has 1 fully saturated rings. The predicted octanol–water partition coefficient (Wildman–Crippen LogP) is 3.78. The zero-order chi connectivity index (χ0) is 13.3. The number of thioether (sulfide) groups is 1. The Morgan fingerprint density at radius 2 is 2.16 bits per heavy atom. The van der Waals surface area contributed by atoms with Crippen molar-refractivity contribution in [3.05, 3.63) is 42.1 Å². The first-order chi connectivity index (χ1) is 9.24. The molecule has 1 saturated heterocycles. The van der Waals surface area contributed by atoms with Crippen molar-refractivity contribution in [1.82, 2.24) is 10.3 Å². The molecule has 3 heteroatoms. The number of rotatable bonds is 3. The van der Waals surface area contributed by atoms with Gasteiger partial charge in [-0.3, -0.25) is 4.98 Å². The van der Waals surface area contributed by atoms with Gasteiger partial charge >= 0.3 is 0 Å². The lowest BCUT2D eigenvalue weighted by atomic mass is 9.89. The summed E-state index contributed by atoms with van der Waals surface area (Å²) in [5, 5.41) is 4.76. The van der Waals surface area contributed by atoms with Crippen molar-refractivity contribution in [3.63, 3.8) is 0 Å². The van der Waals surface area contributed by atoms with Crippen LogP contribution in [0.3, 0.4) is 0 Å². The maximum Gasteiger partial charge on any atom is 0.0750 e. The predicted molar refractivity (Wildman–Crippen MR) is 83.6 cm³/mol. The van der Waals surface area contributed by atoms with Crippen molar-refractivity contribution >= 4 is 22.7 Å². The van der Waals surface area contributed by atoms with E-state index in [0.717, 1.165) is 5.52 Å². The third-order valence-corrected chi connectivity index (χ3v) is 5.72. The maximum atomic E-state index is 4.60. The molecule has 3 rings (SSSR count). The second-order valence-electron chi connectivity index (χ2n) is 5.41. The van der Waals surface area contributed by atoms with Crippen LogP contribution in [-0.4, -0.2) is 22.5 Å². The fourth-order valence-electron chi connectivity index (χ4n) is 3.18. The number of hydrogen-bond acceptors (Lipinski definition) is 3. The molecule has 1 aromatic carbocycles. The fourth-order valence-corrected chi connectivity index (χ4v) is 4.63. The van der Waals surface area contributed by atoms with E-state index >= 15 is 0 Å². The van der Waals surface area contributed by atoms with E-state index in [1.807, 2.05) is 12.3 Å². The van der Waals surface area contributed by atoms with Gasteiger partial charge in [-0.1, -0.05) is 24.3 Å². The van der Waals surface area contributed by atoms with E-state index in [1.165, 1.54) is 29.5 Å². The summed E-state index contributed by atoms with van der Waals surface area (Å²) >= 11 is 2.09. The summed E-state index contributed by atoms with van der Waals surface area (Å²) in [6.45, 7) is 2.38. The summed E-state index contributed by atoms with van der Waals surface area (Å²) in [5.74, 6) is 1.27. The number of fused-ring (bicyclic) bond motifs is 1. The molecule has 0 saturated carbocycles. The van der Waals surface area contributed by atoms with Gasteiger partial charge in [-0.05, 0) is 44.2 Å². The minimum Gasteiger partial charge on any atom is -0.312 e. The molecular weight excluding hydrogens is 252 g/mol. The van der Waals surface area contributed by atoms with Gasteiger partial charge in [0, 0.05) is 22.4 Å².